The Bertz CT molecular complexity index is 774. The number of carbonyl (C=O) groups excluding carboxylic acids is 2. The van der Waals surface area contributed by atoms with Crippen molar-refractivity contribution in [3.8, 4) is 17.2 Å². The number of benzene rings is 1. The second-order valence-corrected chi connectivity index (χ2v) is 5.49. The van der Waals surface area contributed by atoms with Crippen LogP contribution in [0.2, 0.25) is 0 Å². The van der Waals surface area contributed by atoms with Gasteiger partial charge in [0.1, 0.15) is 5.57 Å². The van der Waals surface area contributed by atoms with Crippen LogP contribution in [0.5, 0.6) is 17.2 Å². The fourth-order valence-corrected chi connectivity index (χ4v) is 2.57. The fraction of sp³-hybridized carbons (Fsp3) is 0.333. The van der Waals surface area contributed by atoms with Crippen LogP contribution in [0, 0.1) is 0 Å². The molecule has 1 aromatic rings. The second-order valence-electron chi connectivity index (χ2n) is 5.49. The number of amides is 2. The number of halogens is 3. The smallest absolute Gasteiger partial charge is 0.421 e. The molecule has 2 rings (SSSR count). The van der Waals surface area contributed by atoms with Crippen LogP contribution >= 0.6 is 0 Å². The molecule has 146 valence electrons. The van der Waals surface area contributed by atoms with E-state index in [1.165, 1.54) is 27.4 Å². The lowest BCUT2D eigenvalue weighted by Crippen LogP contribution is -2.43. The Morgan fingerprint density at radius 2 is 1.70 bits per heavy atom. The summed E-state index contributed by atoms with van der Waals surface area (Å²) in [6, 6.07) is 3.12. The summed E-state index contributed by atoms with van der Waals surface area (Å²) >= 11 is 0. The summed E-state index contributed by atoms with van der Waals surface area (Å²) in [4.78, 5) is 24.7. The van der Waals surface area contributed by atoms with Crippen LogP contribution in [0.15, 0.2) is 29.9 Å². The van der Waals surface area contributed by atoms with Gasteiger partial charge < -0.3 is 14.2 Å². The minimum absolute atomic E-state index is 0.0512. The van der Waals surface area contributed by atoms with E-state index < -0.39 is 23.6 Å². The summed E-state index contributed by atoms with van der Waals surface area (Å²) in [6.07, 6.45) is -1.67. The molecule has 6 nitrogen and oxygen atoms in total. The molecule has 1 heterocycles. The first kappa shape index (κ1) is 20.3. The van der Waals surface area contributed by atoms with E-state index in [4.69, 9.17) is 14.2 Å². The minimum atomic E-state index is -4.80. The molecule has 0 saturated carbocycles. The second kappa shape index (κ2) is 8.15. The summed E-state index contributed by atoms with van der Waals surface area (Å²) in [6.45, 7) is -0.114. The monoisotopic (exact) mass is 385 g/mol. The fourth-order valence-electron chi connectivity index (χ4n) is 2.57. The highest BCUT2D eigenvalue weighted by atomic mass is 19.4. The van der Waals surface area contributed by atoms with E-state index in [0.717, 1.165) is 12.2 Å². The highest BCUT2D eigenvalue weighted by Gasteiger charge is 2.43. The summed E-state index contributed by atoms with van der Waals surface area (Å²) < 4.78 is 54.1. The van der Waals surface area contributed by atoms with Crippen LogP contribution in [0.4, 0.5) is 13.2 Å². The van der Waals surface area contributed by atoms with E-state index in [-0.39, 0.29) is 13.0 Å². The standard InChI is InChI=1S/C18H18F3NO5/c1-25-13-9-11(10-14(26-2)16(13)27-3)6-7-15(23)22-8-4-5-12(17(22)24)18(19,20)21/h5-7,9-10H,4,8H2,1-3H3. The van der Waals surface area contributed by atoms with E-state index in [1.54, 1.807) is 12.1 Å². The summed E-state index contributed by atoms with van der Waals surface area (Å²) in [7, 11) is 4.29. The Morgan fingerprint density at radius 1 is 1.11 bits per heavy atom. The van der Waals surface area contributed by atoms with E-state index in [1.807, 2.05) is 0 Å². The normalized spacial score (nSPS) is 15.0. The van der Waals surface area contributed by atoms with Crippen molar-refractivity contribution in [3.05, 3.63) is 35.4 Å². The van der Waals surface area contributed by atoms with E-state index in [2.05, 4.69) is 0 Å². The number of hydrogen-bond acceptors (Lipinski definition) is 5. The molecule has 1 aliphatic heterocycles. The molecule has 0 bridgehead atoms. The first-order chi connectivity index (χ1) is 12.7. The zero-order valence-corrected chi connectivity index (χ0v) is 14.9. The van der Waals surface area contributed by atoms with Gasteiger partial charge in [-0.1, -0.05) is 6.08 Å². The van der Waals surface area contributed by atoms with Gasteiger partial charge in [-0.05, 0) is 30.2 Å². The largest absolute Gasteiger partial charge is 0.493 e. The van der Waals surface area contributed by atoms with Gasteiger partial charge in [-0.15, -0.1) is 0 Å². The molecule has 9 heteroatoms. The first-order valence-electron chi connectivity index (χ1n) is 7.84. The third-order valence-electron chi connectivity index (χ3n) is 3.85. The van der Waals surface area contributed by atoms with Crippen molar-refractivity contribution in [1.82, 2.24) is 4.90 Å². The van der Waals surface area contributed by atoms with Gasteiger partial charge in [0.05, 0.1) is 21.3 Å². The Kier molecular flexibility index (Phi) is 6.14. The van der Waals surface area contributed by atoms with Gasteiger partial charge in [-0.2, -0.15) is 13.2 Å². The highest BCUT2D eigenvalue weighted by Crippen LogP contribution is 2.38. The van der Waals surface area contributed by atoms with Crippen LogP contribution in [0.25, 0.3) is 6.08 Å². The topological polar surface area (TPSA) is 65.1 Å². The molecular formula is C18H18F3NO5. The number of ether oxygens (including phenoxy) is 3. The molecule has 0 atom stereocenters. The van der Waals surface area contributed by atoms with Crippen LogP contribution in [-0.2, 0) is 9.59 Å². The van der Waals surface area contributed by atoms with Crippen molar-refractivity contribution in [2.45, 2.75) is 12.6 Å². The molecule has 0 fully saturated rings. The zero-order valence-electron chi connectivity index (χ0n) is 14.9. The lowest BCUT2D eigenvalue weighted by molar-refractivity contribution is -0.147. The van der Waals surface area contributed by atoms with Crippen LogP contribution in [0.1, 0.15) is 12.0 Å². The Morgan fingerprint density at radius 3 is 2.19 bits per heavy atom. The average molecular weight is 385 g/mol. The maximum absolute atomic E-state index is 12.8. The highest BCUT2D eigenvalue weighted by molar-refractivity contribution is 6.09. The van der Waals surface area contributed by atoms with Crippen LogP contribution in [0.3, 0.4) is 0 Å². The lowest BCUT2D eigenvalue weighted by Gasteiger charge is -2.25. The van der Waals surface area contributed by atoms with Gasteiger partial charge in [0.25, 0.3) is 11.8 Å². The molecule has 2 amide bonds. The molecule has 0 N–H and O–H groups in total. The molecular weight excluding hydrogens is 367 g/mol. The molecule has 27 heavy (non-hydrogen) atoms. The van der Waals surface area contributed by atoms with Gasteiger partial charge >= 0.3 is 6.18 Å². The van der Waals surface area contributed by atoms with Gasteiger partial charge in [0.2, 0.25) is 5.75 Å². The van der Waals surface area contributed by atoms with Gasteiger partial charge in [-0.25, -0.2) is 0 Å². The Balaban J connectivity index is 2.24. The predicted molar refractivity (Wildman–Crippen MR) is 90.6 cm³/mol. The van der Waals surface area contributed by atoms with Crippen LogP contribution in [-0.4, -0.2) is 50.8 Å². The molecule has 0 radical (unpaired) electrons. The number of rotatable bonds is 5. The third kappa shape index (κ3) is 4.42. The van der Waals surface area contributed by atoms with Crippen molar-refractivity contribution in [2.24, 2.45) is 0 Å². The maximum Gasteiger partial charge on any atom is 0.421 e. The quantitative estimate of drug-likeness (QED) is 0.730. The van der Waals surface area contributed by atoms with Crippen molar-refractivity contribution >= 4 is 17.9 Å². The number of hydrogen-bond donors (Lipinski definition) is 0. The van der Waals surface area contributed by atoms with E-state index in [9.17, 15) is 22.8 Å². The van der Waals surface area contributed by atoms with Crippen molar-refractivity contribution in [2.75, 3.05) is 27.9 Å². The Hall–Kier alpha value is -2.97. The van der Waals surface area contributed by atoms with Crippen molar-refractivity contribution in [1.29, 1.82) is 0 Å². The van der Waals surface area contributed by atoms with Crippen molar-refractivity contribution < 1.29 is 37.0 Å². The minimum Gasteiger partial charge on any atom is -0.493 e. The number of imide groups is 1. The number of nitrogens with zero attached hydrogens (tertiary/aromatic N) is 1. The van der Waals surface area contributed by atoms with E-state index in [0.29, 0.717) is 27.7 Å². The van der Waals surface area contributed by atoms with Gasteiger partial charge in [-0.3, -0.25) is 14.5 Å². The van der Waals surface area contributed by atoms with Gasteiger partial charge in [0, 0.05) is 12.6 Å². The molecule has 0 aromatic heterocycles. The average Bonchev–Trinajstić information content (AvgIpc) is 2.64. The van der Waals surface area contributed by atoms with Gasteiger partial charge in [0.15, 0.2) is 11.5 Å². The molecule has 0 aliphatic carbocycles. The first-order valence-corrected chi connectivity index (χ1v) is 7.84. The number of alkyl halides is 3. The van der Waals surface area contributed by atoms with Crippen molar-refractivity contribution in [3.63, 3.8) is 0 Å². The van der Waals surface area contributed by atoms with Crippen LogP contribution < -0.4 is 14.2 Å². The summed E-state index contributed by atoms with van der Waals surface area (Å²) in [5.74, 6) is -1.15. The molecule has 0 saturated heterocycles. The predicted octanol–water partition coefficient (Wildman–Crippen LogP) is 2.97. The molecule has 1 aliphatic rings. The van der Waals surface area contributed by atoms with E-state index >= 15 is 0 Å². The summed E-state index contributed by atoms with van der Waals surface area (Å²) in [5, 5.41) is 0. The maximum atomic E-state index is 12.8. The Labute approximate surface area is 153 Å². The molecule has 1 aromatic carbocycles. The number of methoxy groups -OCH3 is 3. The molecule has 0 unspecified atom stereocenters. The lowest BCUT2D eigenvalue weighted by atomic mass is 10.1. The SMILES string of the molecule is COc1cc(C=CC(=O)N2CCC=C(C(F)(F)F)C2=O)cc(OC)c1OC. The number of carbonyl (C=O) groups is 2. The molecule has 0 spiro atoms. The summed E-state index contributed by atoms with van der Waals surface area (Å²) in [5.41, 5.74) is -0.850. The zero-order chi connectivity index (χ0) is 20.2. The third-order valence-corrected chi connectivity index (χ3v) is 3.85.